The fraction of sp³-hybridized carbons (Fsp3) is 0.600. The number of aryl methyl sites for hydroxylation is 1. The zero-order valence-electron chi connectivity index (χ0n) is 10.7. The average Bonchev–Trinajstić information content (AvgIpc) is 2.21. The minimum Gasteiger partial charge on any atom is -0.508 e. The van der Waals surface area contributed by atoms with E-state index in [0.717, 1.165) is 5.56 Å². The predicted molar refractivity (Wildman–Crippen MR) is 68.1 cm³/mol. The molecule has 0 heterocycles. The molecule has 1 nitrogen and oxygen atoms in total. The summed E-state index contributed by atoms with van der Waals surface area (Å²) in [5.41, 5.74) is 3.86. The number of hydrogen-bond donors (Lipinski definition) is 1. The van der Waals surface area contributed by atoms with Gasteiger partial charge in [-0.1, -0.05) is 26.8 Å². The zero-order valence-corrected chi connectivity index (χ0v) is 10.7. The Labute approximate surface area is 98.5 Å². The first-order valence-corrected chi connectivity index (χ1v) is 6.34. The zero-order chi connectivity index (χ0) is 11.9. The smallest absolute Gasteiger partial charge is 0.118 e. The lowest BCUT2D eigenvalue weighted by Gasteiger charge is -2.32. The van der Waals surface area contributed by atoms with Crippen molar-refractivity contribution in [1.82, 2.24) is 0 Å². The Balaban J connectivity index is 2.52. The number of phenolic OH excluding ortho intramolecular Hbond substituents is 1. The van der Waals surface area contributed by atoms with Crippen LogP contribution in [0.3, 0.4) is 0 Å². The Bertz CT molecular complexity index is 393. The maximum absolute atomic E-state index is 9.82. The van der Waals surface area contributed by atoms with Gasteiger partial charge in [-0.25, -0.2) is 0 Å². The fourth-order valence-corrected chi connectivity index (χ4v) is 2.92. The van der Waals surface area contributed by atoms with Crippen LogP contribution in [0.4, 0.5) is 0 Å². The summed E-state index contributed by atoms with van der Waals surface area (Å²) >= 11 is 0. The second-order valence-electron chi connectivity index (χ2n) is 5.60. The van der Waals surface area contributed by atoms with Crippen LogP contribution in [0.1, 0.15) is 62.1 Å². The van der Waals surface area contributed by atoms with E-state index in [1.165, 1.54) is 24.0 Å². The molecule has 1 aliphatic carbocycles. The largest absolute Gasteiger partial charge is 0.508 e. The molecule has 1 aromatic rings. The first-order valence-electron chi connectivity index (χ1n) is 6.34. The molecule has 1 N–H and O–H groups in total. The third-order valence-electron chi connectivity index (χ3n) is 4.05. The SMILES string of the molecule is Cc1cc2c(cc1O)[C@@H](C)CC[C@@H]2C(C)C. The highest BCUT2D eigenvalue weighted by atomic mass is 16.3. The monoisotopic (exact) mass is 218 g/mol. The van der Waals surface area contributed by atoms with E-state index < -0.39 is 0 Å². The van der Waals surface area contributed by atoms with Crippen molar-refractivity contribution in [2.24, 2.45) is 5.92 Å². The number of rotatable bonds is 1. The molecule has 0 aliphatic heterocycles. The van der Waals surface area contributed by atoms with E-state index in [1.807, 2.05) is 13.0 Å². The Morgan fingerprint density at radius 2 is 1.88 bits per heavy atom. The number of fused-ring (bicyclic) bond motifs is 1. The third kappa shape index (κ3) is 1.83. The molecule has 2 atom stereocenters. The molecule has 2 rings (SSSR count). The van der Waals surface area contributed by atoms with E-state index >= 15 is 0 Å². The highest BCUT2D eigenvalue weighted by molar-refractivity contribution is 5.45. The molecule has 0 radical (unpaired) electrons. The van der Waals surface area contributed by atoms with Crippen molar-refractivity contribution in [1.29, 1.82) is 0 Å². The second-order valence-corrected chi connectivity index (χ2v) is 5.60. The first-order chi connectivity index (χ1) is 7.50. The Morgan fingerprint density at radius 1 is 1.19 bits per heavy atom. The molecule has 1 aliphatic rings. The molecule has 0 spiro atoms. The van der Waals surface area contributed by atoms with Crippen molar-refractivity contribution < 1.29 is 5.11 Å². The second kappa shape index (κ2) is 4.12. The van der Waals surface area contributed by atoms with Crippen LogP contribution in [0.25, 0.3) is 0 Å². The van der Waals surface area contributed by atoms with Crippen molar-refractivity contribution in [3.05, 3.63) is 28.8 Å². The molecular weight excluding hydrogens is 196 g/mol. The van der Waals surface area contributed by atoms with Crippen LogP contribution in [0.2, 0.25) is 0 Å². The quantitative estimate of drug-likeness (QED) is 0.743. The van der Waals surface area contributed by atoms with Gasteiger partial charge in [0.2, 0.25) is 0 Å². The molecule has 0 aromatic heterocycles. The summed E-state index contributed by atoms with van der Waals surface area (Å²) in [6, 6.07) is 4.19. The normalized spacial score (nSPS) is 24.6. The summed E-state index contributed by atoms with van der Waals surface area (Å²) in [5.74, 6) is 2.41. The van der Waals surface area contributed by atoms with Crippen molar-refractivity contribution in [3.63, 3.8) is 0 Å². The molecule has 0 unspecified atom stereocenters. The van der Waals surface area contributed by atoms with Gasteiger partial charge in [0.05, 0.1) is 0 Å². The topological polar surface area (TPSA) is 20.2 Å². The maximum Gasteiger partial charge on any atom is 0.118 e. The van der Waals surface area contributed by atoms with Gasteiger partial charge in [0.1, 0.15) is 5.75 Å². The lowest BCUT2D eigenvalue weighted by molar-refractivity contribution is 0.406. The van der Waals surface area contributed by atoms with E-state index in [9.17, 15) is 5.11 Å². The van der Waals surface area contributed by atoms with Crippen LogP contribution >= 0.6 is 0 Å². The fourth-order valence-electron chi connectivity index (χ4n) is 2.92. The molecule has 0 bridgehead atoms. The number of hydrogen-bond acceptors (Lipinski definition) is 1. The highest BCUT2D eigenvalue weighted by Crippen LogP contribution is 2.44. The lowest BCUT2D eigenvalue weighted by Crippen LogP contribution is -2.17. The highest BCUT2D eigenvalue weighted by Gasteiger charge is 2.27. The van der Waals surface area contributed by atoms with Crippen molar-refractivity contribution in [3.8, 4) is 5.75 Å². The van der Waals surface area contributed by atoms with E-state index in [2.05, 4.69) is 26.8 Å². The van der Waals surface area contributed by atoms with E-state index in [-0.39, 0.29) is 0 Å². The van der Waals surface area contributed by atoms with E-state index in [4.69, 9.17) is 0 Å². The van der Waals surface area contributed by atoms with Gasteiger partial charge in [-0.05, 0) is 60.3 Å². The van der Waals surface area contributed by atoms with Crippen LogP contribution in [-0.4, -0.2) is 5.11 Å². The van der Waals surface area contributed by atoms with Gasteiger partial charge in [0.15, 0.2) is 0 Å². The Morgan fingerprint density at radius 3 is 2.50 bits per heavy atom. The molecule has 1 heteroatoms. The van der Waals surface area contributed by atoms with Crippen molar-refractivity contribution in [2.45, 2.75) is 52.4 Å². The number of benzene rings is 1. The van der Waals surface area contributed by atoms with E-state index in [1.54, 1.807) is 0 Å². The van der Waals surface area contributed by atoms with Gasteiger partial charge < -0.3 is 5.11 Å². The minimum absolute atomic E-state index is 0.454. The van der Waals surface area contributed by atoms with Crippen LogP contribution in [-0.2, 0) is 0 Å². The minimum atomic E-state index is 0.454. The summed E-state index contributed by atoms with van der Waals surface area (Å²) in [6.07, 6.45) is 2.54. The molecular formula is C15H22O. The van der Waals surface area contributed by atoms with Gasteiger partial charge in [0.25, 0.3) is 0 Å². The molecule has 0 saturated heterocycles. The summed E-state index contributed by atoms with van der Waals surface area (Å²) < 4.78 is 0. The summed E-state index contributed by atoms with van der Waals surface area (Å²) in [7, 11) is 0. The van der Waals surface area contributed by atoms with E-state index in [0.29, 0.717) is 23.5 Å². The maximum atomic E-state index is 9.82. The lowest BCUT2D eigenvalue weighted by atomic mass is 9.72. The van der Waals surface area contributed by atoms with Gasteiger partial charge in [-0.15, -0.1) is 0 Å². The van der Waals surface area contributed by atoms with Gasteiger partial charge in [-0.2, -0.15) is 0 Å². The molecule has 88 valence electrons. The van der Waals surface area contributed by atoms with Gasteiger partial charge >= 0.3 is 0 Å². The van der Waals surface area contributed by atoms with Gasteiger partial charge in [-0.3, -0.25) is 0 Å². The summed E-state index contributed by atoms with van der Waals surface area (Å²) in [6.45, 7) is 8.86. The third-order valence-corrected chi connectivity index (χ3v) is 4.05. The van der Waals surface area contributed by atoms with Crippen LogP contribution in [0.15, 0.2) is 12.1 Å². The Hall–Kier alpha value is -0.980. The number of aromatic hydroxyl groups is 1. The molecule has 0 amide bonds. The average molecular weight is 218 g/mol. The van der Waals surface area contributed by atoms with Gasteiger partial charge in [0, 0.05) is 0 Å². The first kappa shape index (κ1) is 11.5. The molecule has 16 heavy (non-hydrogen) atoms. The van der Waals surface area contributed by atoms with Crippen LogP contribution < -0.4 is 0 Å². The summed E-state index contributed by atoms with van der Waals surface area (Å²) in [5, 5.41) is 9.82. The molecule has 0 saturated carbocycles. The standard InChI is InChI=1S/C15H22O/c1-9(2)12-6-5-10(3)13-8-15(16)11(4)7-14(12)13/h7-10,12,16H,5-6H2,1-4H3/t10-,12+/m0/s1. The molecule has 1 aromatic carbocycles. The number of phenols is 1. The Kier molecular flexibility index (Phi) is 2.96. The van der Waals surface area contributed by atoms with Crippen molar-refractivity contribution >= 4 is 0 Å². The summed E-state index contributed by atoms with van der Waals surface area (Å²) in [4.78, 5) is 0. The van der Waals surface area contributed by atoms with Crippen LogP contribution in [0.5, 0.6) is 5.75 Å². The van der Waals surface area contributed by atoms with Crippen molar-refractivity contribution in [2.75, 3.05) is 0 Å². The predicted octanol–water partition coefficient (Wildman–Crippen LogP) is 4.34. The van der Waals surface area contributed by atoms with Crippen LogP contribution in [0, 0.1) is 12.8 Å². The molecule has 0 fully saturated rings.